The van der Waals surface area contributed by atoms with E-state index in [2.05, 4.69) is 13.8 Å². The molecule has 0 radical (unpaired) electrons. The van der Waals surface area contributed by atoms with Crippen LogP contribution < -0.4 is 5.73 Å². The van der Waals surface area contributed by atoms with Crippen molar-refractivity contribution in [2.75, 3.05) is 24.6 Å². The first kappa shape index (κ1) is 12.8. The Labute approximate surface area is 96.8 Å². The van der Waals surface area contributed by atoms with E-state index >= 15 is 0 Å². The van der Waals surface area contributed by atoms with Crippen LogP contribution in [0.5, 0.6) is 0 Å². The molecule has 0 saturated carbocycles. The zero-order valence-corrected chi connectivity index (χ0v) is 10.6. The average Bonchev–Trinajstić information content (AvgIpc) is 2.54. The molecule has 1 saturated heterocycles. The molecule has 1 amide bonds. The Morgan fingerprint density at radius 1 is 1.47 bits per heavy atom. The molecule has 1 heterocycles. The van der Waals surface area contributed by atoms with Gasteiger partial charge >= 0.3 is 0 Å². The lowest BCUT2D eigenvalue weighted by molar-refractivity contribution is -0.133. The van der Waals surface area contributed by atoms with Crippen molar-refractivity contribution < 1.29 is 4.79 Å². The number of carbonyl (C=O) groups is 1. The van der Waals surface area contributed by atoms with Gasteiger partial charge in [-0.15, -0.1) is 0 Å². The maximum Gasteiger partial charge on any atom is 0.239 e. The van der Waals surface area contributed by atoms with Crippen LogP contribution in [0.25, 0.3) is 0 Å². The van der Waals surface area contributed by atoms with Crippen molar-refractivity contribution in [1.82, 2.24) is 4.90 Å². The fraction of sp³-hybridized carbons (Fsp3) is 0.909. The first-order valence-electron chi connectivity index (χ1n) is 5.79. The van der Waals surface area contributed by atoms with Gasteiger partial charge in [0.25, 0.3) is 0 Å². The molecule has 3 nitrogen and oxygen atoms in total. The van der Waals surface area contributed by atoms with Gasteiger partial charge in [0.2, 0.25) is 5.91 Å². The molecule has 0 aliphatic carbocycles. The number of hydrogen-bond acceptors (Lipinski definition) is 3. The maximum absolute atomic E-state index is 12.0. The zero-order valence-electron chi connectivity index (χ0n) is 9.74. The highest BCUT2D eigenvalue weighted by Crippen LogP contribution is 2.13. The second-order valence-electron chi connectivity index (χ2n) is 4.20. The Hall–Kier alpha value is -0.220. The molecule has 0 bridgehead atoms. The van der Waals surface area contributed by atoms with Crippen LogP contribution in [0.1, 0.15) is 26.7 Å². The minimum Gasteiger partial charge on any atom is -0.340 e. The monoisotopic (exact) mass is 230 g/mol. The molecule has 1 aliphatic rings. The summed E-state index contributed by atoms with van der Waals surface area (Å²) in [7, 11) is 0. The molecule has 15 heavy (non-hydrogen) atoms. The molecule has 0 unspecified atom stereocenters. The van der Waals surface area contributed by atoms with E-state index < -0.39 is 0 Å². The SMILES string of the molecule is CC[C@H](C)[C@H](N)C(=O)N1CCCSCC1. The van der Waals surface area contributed by atoms with E-state index in [-0.39, 0.29) is 17.9 Å². The lowest BCUT2D eigenvalue weighted by atomic mass is 9.99. The van der Waals surface area contributed by atoms with Crippen LogP contribution in [0.3, 0.4) is 0 Å². The molecule has 0 spiro atoms. The van der Waals surface area contributed by atoms with Crippen LogP contribution in [0.2, 0.25) is 0 Å². The van der Waals surface area contributed by atoms with Gasteiger partial charge in [-0.25, -0.2) is 0 Å². The summed E-state index contributed by atoms with van der Waals surface area (Å²) in [5.74, 6) is 2.65. The fourth-order valence-corrected chi connectivity index (χ4v) is 2.56. The van der Waals surface area contributed by atoms with E-state index in [4.69, 9.17) is 5.73 Å². The van der Waals surface area contributed by atoms with E-state index in [1.54, 1.807) is 0 Å². The fourth-order valence-electron chi connectivity index (χ4n) is 1.67. The Bertz CT molecular complexity index is 203. The summed E-state index contributed by atoms with van der Waals surface area (Å²) in [4.78, 5) is 14.0. The highest BCUT2D eigenvalue weighted by molar-refractivity contribution is 7.99. The van der Waals surface area contributed by atoms with Crippen LogP contribution in [-0.4, -0.2) is 41.4 Å². The van der Waals surface area contributed by atoms with Gasteiger partial charge < -0.3 is 10.6 Å². The number of nitrogens with two attached hydrogens (primary N) is 1. The van der Waals surface area contributed by atoms with Gasteiger partial charge in [-0.2, -0.15) is 11.8 Å². The molecule has 1 fully saturated rings. The van der Waals surface area contributed by atoms with E-state index in [1.165, 1.54) is 5.75 Å². The predicted octanol–water partition coefficient (Wildman–Crippen LogP) is 1.33. The normalized spacial score (nSPS) is 21.9. The van der Waals surface area contributed by atoms with Gasteiger partial charge in [-0.05, 0) is 18.1 Å². The molecular weight excluding hydrogens is 208 g/mol. The number of nitrogens with zero attached hydrogens (tertiary/aromatic N) is 1. The van der Waals surface area contributed by atoms with E-state index in [1.807, 2.05) is 16.7 Å². The van der Waals surface area contributed by atoms with Crippen LogP contribution in [0.4, 0.5) is 0 Å². The molecule has 88 valence electrons. The van der Waals surface area contributed by atoms with Crippen molar-refractivity contribution in [3.05, 3.63) is 0 Å². The molecule has 0 aromatic heterocycles. The highest BCUT2D eigenvalue weighted by Gasteiger charge is 2.25. The minimum absolute atomic E-state index is 0.145. The Morgan fingerprint density at radius 3 is 2.87 bits per heavy atom. The zero-order chi connectivity index (χ0) is 11.3. The van der Waals surface area contributed by atoms with Gasteiger partial charge in [0.1, 0.15) is 0 Å². The molecule has 1 rings (SSSR count). The first-order chi connectivity index (χ1) is 7.16. The molecular formula is C11H22N2OS. The standard InChI is InChI=1S/C11H22N2OS/c1-3-9(2)10(12)11(14)13-5-4-7-15-8-6-13/h9-10H,3-8,12H2,1-2H3/t9-,10-/m0/s1. The average molecular weight is 230 g/mol. The van der Waals surface area contributed by atoms with Crippen LogP contribution in [-0.2, 0) is 4.79 Å². The number of rotatable bonds is 3. The van der Waals surface area contributed by atoms with Crippen molar-refractivity contribution in [2.24, 2.45) is 11.7 Å². The van der Waals surface area contributed by atoms with E-state index in [0.29, 0.717) is 0 Å². The lowest BCUT2D eigenvalue weighted by Crippen LogP contribution is -2.47. The molecule has 1 aliphatic heterocycles. The van der Waals surface area contributed by atoms with Crippen molar-refractivity contribution in [3.63, 3.8) is 0 Å². The Balaban J connectivity index is 2.49. The largest absolute Gasteiger partial charge is 0.340 e. The van der Waals surface area contributed by atoms with E-state index in [0.717, 1.165) is 31.7 Å². The predicted molar refractivity (Wildman–Crippen MR) is 66.0 cm³/mol. The second-order valence-corrected chi connectivity index (χ2v) is 5.43. The molecule has 0 aromatic rings. The maximum atomic E-state index is 12.0. The van der Waals surface area contributed by atoms with Crippen LogP contribution in [0, 0.1) is 5.92 Å². The number of hydrogen-bond donors (Lipinski definition) is 1. The third-order valence-electron chi connectivity index (χ3n) is 3.08. The summed E-state index contributed by atoms with van der Waals surface area (Å²) in [6.07, 6.45) is 2.07. The summed E-state index contributed by atoms with van der Waals surface area (Å²) in [5, 5.41) is 0. The highest BCUT2D eigenvalue weighted by atomic mass is 32.2. The summed E-state index contributed by atoms with van der Waals surface area (Å²) >= 11 is 1.93. The molecule has 0 aromatic carbocycles. The van der Waals surface area contributed by atoms with Gasteiger partial charge in [0, 0.05) is 18.8 Å². The summed E-state index contributed by atoms with van der Waals surface area (Å²) in [5.41, 5.74) is 5.96. The van der Waals surface area contributed by atoms with E-state index in [9.17, 15) is 4.79 Å². The summed E-state index contributed by atoms with van der Waals surface area (Å²) < 4.78 is 0. The summed E-state index contributed by atoms with van der Waals surface area (Å²) in [6.45, 7) is 5.88. The minimum atomic E-state index is -0.307. The van der Waals surface area contributed by atoms with Crippen molar-refractivity contribution in [1.29, 1.82) is 0 Å². The quantitative estimate of drug-likeness (QED) is 0.795. The molecule has 4 heteroatoms. The summed E-state index contributed by atoms with van der Waals surface area (Å²) in [6, 6.07) is -0.307. The Morgan fingerprint density at radius 2 is 2.20 bits per heavy atom. The Kier molecular flexibility index (Phi) is 5.47. The van der Waals surface area contributed by atoms with Crippen molar-refractivity contribution in [3.8, 4) is 0 Å². The lowest BCUT2D eigenvalue weighted by Gasteiger charge is -2.26. The number of thioether (sulfide) groups is 1. The van der Waals surface area contributed by atoms with Crippen LogP contribution in [0.15, 0.2) is 0 Å². The van der Waals surface area contributed by atoms with Gasteiger partial charge in [0.15, 0.2) is 0 Å². The van der Waals surface area contributed by atoms with Gasteiger partial charge in [-0.1, -0.05) is 20.3 Å². The van der Waals surface area contributed by atoms with Gasteiger partial charge in [-0.3, -0.25) is 4.79 Å². The van der Waals surface area contributed by atoms with Crippen molar-refractivity contribution in [2.45, 2.75) is 32.7 Å². The number of amides is 1. The molecule has 2 N–H and O–H groups in total. The van der Waals surface area contributed by atoms with Gasteiger partial charge in [0.05, 0.1) is 6.04 Å². The van der Waals surface area contributed by atoms with Crippen molar-refractivity contribution >= 4 is 17.7 Å². The first-order valence-corrected chi connectivity index (χ1v) is 6.94. The third kappa shape index (κ3) is 3.68. The topological polar surface area (TPSA) is 46.3 Å². The number of carbonyl (C=O) groups excluding carboxylic acids is 1. The third-order valence-corrected chi connectivity index (χ3v) is 4.12. The molecule has 2 atom stereocenters. The van der Waals surface area contributed by atoms with Crippen LogP contribution >= 0.6 is 11.8 Å². The second kappa shape index (κ2) is 6.38. The smallest absolute Gasteiger partial charge is 0.239 e.